The molecule has 4 rings (SSSR count). The average molecular weight is 435 g/mol. The van der Waals surface area contributed by atoms with Gasteiger partial charge in [0.1, 0.15) is 17.3 Å². The number of amides is 1. The number of methoxy groups -OCH3 is 2. The predicted molar refractivity (Wildman–Crippen MR) is 118 cm³/mol. The molecule has 164 valence electrons. The summed E-state index contributed by atoms with van der Waals surface area (Å²) in [7, 11) is 3.06. The maximum atomic E-state index is 13.4. The summed E-state index contributed by atoms with van der Waals surface area (Å²) in [6, 6.07) is 11.2. The van der Waals surface area contributed by atoms with Crippen LogP contribution in [0.2, 0.25) is 0 Å². The van der Waals surface area contributed by atoms with Gasteiger partial charge in [0, 0.05) is 6.07 Å². The number of rotatable bonds is 6. The zero-order valence-electron chi connectivity index (χ0n) is 18.1. The van der Waals surface area contributed by atoms with Gasteiger partial charge in [-0.25, -0.2) is 8.91 Å². The standard InChI is InChI=1S/C23H22FN5O3/c1-5-17-20(14-6-8-15(24)9-7-14)22-27-26-21(13(2)29(22)28-17)23(30)25-18-12-16(31-3)10-11-19(18)32-4/h6-12H,5H2,1-4H3,(H,25,30). The Morgan fingerprint density at radius 2 is 1.84 bits per heavy atom. The number of nitrogens with one attached hydrogen (secondary N) is 1. The highest BCUT2D eigenvalue weighted by Crippen LogP contribution is 2.31. The highest BCUT2D eigenvalue weighted by molar-refractivity contribution is 6.04. The van der Waals surface area contributed by atoms with Crippen molar-refractivity contribution in [2.24, 2.45) is 0 Å². The molecule has 2 heterocycles. The fraction of sp³-hybridized carbons (Fsp3) is 0.217. The smallest absolute Gasteiger partial charge is 0.278 e. The van der Waals surface area contributed by atoms with E-state index in [4.69, 9.17) is 9.47 Å². The van der Waals surface area contributed by atoms with E-state index in [-0.39, 0.29) is 11.5 Å². The molecule has 0 atom stereocenters. The summed E-state index contributed by atoms with van der Waals surface area (Å²) in [4.78, 5) is 13.0. The van der Waals surface area contributed by atoms with Gasteiger partial charge in [-0.2, -0.15) is 5.10 Å². The van der Waals surface area contributed by atoms with Crippen molar-refractivity contribution >= 4 is 17.2 Å². The molecule has 4 aromatic rings. The van der Waals surface area contributed by atoms with Crippen LogP contribution in [0.3, 0.4) is 0 Å². The number of nitrogens with zero attached hydrogens (tertiary/aromatic N) is 4. The molecular weight excluding hydrogens is 413 g/mol. The van der Waals surface area contributed by atoms with E-state index in [1.54, 1.807) is 48.9 Å². The molecule has 32 heavy (non-hydrogen) atoms. The zero-order chi connectivity index (χ0) is 22.8. The number of ether oxygens (including phenoxy) is 2. The Morgan fingerprint density at radius 1 is 1.09 bits per heavy atom. The lowest BCUT2D eigenvalue weighted by molar-refractivity contribution is 0.101. The van der Waals surface area contributed by atoms with E-state index in [9.17, 15) is 9.18 Å². The number of anilines is 1. The molecular formula is C23H22FN5O3. The Balaban J connectivity index is 1.76. The van der Waals surface area contributed by atoms with Crippen molar-refractivity contribution in [1.29, 1.82) is 0 Å². The number of hydrogen-bond acceptors (Lipinski definition) is 6. The molecule has 0 aliphatic heterocycles. The van der Waals surface area contributed by atoms with Crippen molar-refractivity contribution in [3.63, 3.8) is 0 Å². The molecule has 0 saturated heterocycles. The fourth-order valence-corrected chi connectivity index (χ4v) is 3.51. The quantitative estimate of drug-likeness (QED) is 0.491. The number of benzene rings is 2. The molecule has 1 amide bonds. The van der Waals surface area contributed by atoms with Crippen molar-refractivity contribution in [3.05, 3.63) is 65.4 Å². The molecule has 2 aromatic heterocycles. The largest absolute Gasteiger partial charge is 0.497 e. The van der Waals surface area contributed by atoms with Crippen LogP contribution in [0, 0.1) is 12.7 Å². The van der Waals surface area contributed by atoms with Gasteiger partial charge in [-0.05, 0) is 43.2 Å². The molecule has 0 aliphatic carbocycles. The first kappa shape index (κ1) is 21.2. The number of halogens is 1. The monoisotopic (exact) mass is 435 g/mol. The van der Waals surface area contributed by atoms with E-state index in [0.29, 0.717) is 34.9 Å². The minimum Gasteiger partial charge on any atom is -0.497 e. The summed E-state index contributed by atoms with van der Waals surface area (Å²) >= 11 is 0. The number of aromatic nitrogens is 4. The Hall–Kier alpha value is -4.01. The minimum atomic E-state index is -0.458. The van der Waals surface area contributed by atoms with E-state index < -0.39 is 5.91 Å². The van der Waals surface area contributed by atoms with Crippen LogP contribution in [-0.4, -0.2) is 39.9 Å². The van der Waals surface area contributed by atoms with Crippen LogP contribution in [0.4, 0.5) is 10.1 Å². The summed E-state index contributed by atoms with van der Waals surface area (Å²) in [6.07, 6.45) is 0.637. The normalized spacial score (nSPS) is 10.9. The molecule has 2 aromatic carbocycles. The minimum absolute atomic E-state index is 0.123. The van der Waals surface area contributed by atoms with Gasteiger partial charge in [0.2, 0.25) is 0 Å². The van der Waals surface area contributed by atoms with E-state index >= 15 is 0 Å². The maximum Gasteiger partial charge on any atom is 0.278 e. The van der Waals surface area contributed by atoms with Crippen LogP contribution in [-0.2, 0) is 6.42 Å². The van der Waals surface area contributed by atoms with Crippen molar-refractivity contribution in [1.82, 2.24) is 19.8 Å². The summed E-state index contributed by atoms with van der Waals surface area (Å²) in [5.74, 6) is 0.276. The third-order valence-corrected chi connectivity index (χ3v) is 5.18. The Kier molecular flexibility index (Phi) is 5.72. The van der Waals surface area contributed by atoms with Crippen LogP contribution >= 0.6 is 0 Å². The van der Waals surface area contributed by atoms with Crippen LogP contribution in [0.25, 0.3) is 16.8 Å². The second-order valence-corrected chi connectivity index (χ2v) is 7.07. The second kappa shape index (κ2) is 8.62. The summed E-state index contributed by atoms with van der Waals surface area (Å²) < 4.78 is 25.6. The molecule has 0 fully saturated rings. The molecule has 9 heteroatoms. The highest BCUT2D eigenvalue weighted by atomic mass is 19.1. The topological polar surface area (TPSA) is 90.6 Å². The molecule has 1 N–H and O–H groups in total. The summed E-state index contributed by atoms with van der Waals surface area (Å²) in [5, 5.41) is 15.9. The lowest BCUT2D eigenvalue weighted by Crippen LogP contribution is -2.19. The third-order valence-electron chi connectivity index (χ3n) is 5.18. The number of fused-ring (bicyclic) bond motifs is 1. The molecule has 8 nitrogen and oxygen atoms in total. The molecule has 0 unspecified atom stereocenters. The molecule has 0 spiro atoms. The van der Waals surface area contributed by atoms with Crippen molar-refractivity contribution in [2.45, 2.75) is 20.3 Å². The first-order valence-corrected chi connectivity index (χ1v) is 10.0. The van der Waals surface area contributed by atoms with Gasteiger partial charge in [0.15, 0.2) is 11.3 Å². The SMILES string of the molecule is CCc1nn2c(C)c(C(=O)Nc3cc(OC)ccc3OC)nnc2c1-c1ccc(F)cc1. The highest BCUT2D eigenvalue weighted by Gasteiger charge is 2.22. The number of hydrogen-bond donors (Lipinski definition) is 1. The fourth-order valence-electron chi connectivity index (χ4n) is 3.51. The Labute approximate surface area is 184 Å². The first-order chi connectivity index (χ1) is 15.5. The molecule has 0 bridgehead atoms. The maximum absolute atomic E-state index is 13.4. The van der Waals surface area contributed by atoms with E-state index in [1.807, 2.05) is 6.92 Å². The van der Waals surface area contributed by atoms with E-state index in [0.717, 1.165) is 16.8 Å². The number of carbonyl (C=O) groups excluding carboxylic acids is 1. The lowest BCUT2D eigenvalue weighted by Gasteiger charge is -2.12. The summed E-state index contributed by atoms with van der Waals surface area (Å²) in [5.41, 5.74) is 3.92. The molecule has 0 aliphatic rings. The van der Waals surface area contributed by atoms with Gasteiger partial charge < -0.3 is 14.8 Å². The summed E-state index contributed by atoms with van der Waals surface area (Å²) in [6.45, 7) is 3.72. The molecule has 0 saturated carbocycles. The van der Waals surface area contributed by atoms with Crippen molar-refractivity contribution in [2.75, 3.05) is 19.5 Å². The number of aryl methyl sites for hydroxylation is 2. The second-order valence-electron chi connectivity index (χ2n) is 7.07. The van der Waals surface area contributed by atoms with Gasteiger partial charge in [-0.1, -0.05) is 19.1 Å². The van der Waals surface area contributed by atoms with Crippen LogP contribution in [0.15, 0.2) is 42.5 Å². The zero-order valence-corrected chi connectivity index (χ0v) is 18.1. The first-order valence-electron chi connectivity index (χ1n) is 10.0. The van der Waals surface area contributed by atoms with Gasteiger partial charge in [-0.3, -0.25) is 4.79 Å². The molecule has 0 radical (unpaired) electrons. The average Bonchev–Trinajstić information content (AvgIpc) is 3.19. The Morgan fingerprint density at radius 3 is 2.50 bits per heavy atom. The van der Waals surface area contributed by atoms with Crippen molar-refractivity contribution in [3.8, 4) is 22.6 Å². The Bertz CT molecular complexity index is 1300. The lowest BCUT2D eigenvalue weighted by atomic mass is 10.0. The van der Waals surface area contributed by atoms with Crippen LogP contribution in [0.5, 0.6) is 11.5 Å². The van der Waals surface area contributed by atoms with E-state index in [1.165, 1.54) is 19.2 Å². The van der Waals surface area contributed by atoms with Gasteiger partial charge in [0.25, 0.3) is 5.91 Å². The van der Waals surface area contributed by atoms with E-state index in [2.05, 4.69) is 20.6 Å². The van der Waals surface area contributed by atoms with Crippen LogP contribution in [0.1, 0.15) is 28.8 Å². The third kappa shape index (κ3) is 3.73. The van der Waals surface area contributed by atoms with Gasteiger partial charge in [-0.15, -0.1) is 10.2 Å². The predicted octanol–water partition coefficient (Wildman–Crippen LogP) is 4.07. The van der Waals surface area contributed by atoms with Gasteiger partial charge >= 0.3 is 0 Å². The van der Waals surface area contributed by atoms with Crippen molar-refractivity contribution < 1.29 is 18.7 Å². The van der Waals surface area contributed by atoms with Gasteiger partial charge in [0.05, 0.1) is 36.9 Å². The number of carbonyl (C=O) groups is 1. The van der Waals surface area contributed by atoms with Crippen LogP contribution < -0.4 is 14.8 Å².